The maximum atomic E-state index is 4.73. The van der Waals surface area contributed by atoms with Crippen LogP contribution in [0, 0.1) is 0 Å². The van der Waals surface area contributed by atoms with Crippen LogP contribution in [0.4, 0.5) is 0 Å². The number of thiazole rings is 1. The van der Waals surface area contributed by atoms with Crippen molar-refractivity contribution >= 4 is 43.4 Å². The Balaban J connectivity index is 1.65. The van der Waals surface area contributed by atoms with Gasteiger partial charge in [0.05, 0.1) is 33.1 Å². The number of H-pyrrole nitrogens is 1. The van der Waals surface area contributed by atoms with Crippen LogP contribution in [-0.2, 0) is 0 Å². The Morgan fingerprint density at radius 3 is 2.43 bits per heavy atom. The first-order valence-electron chi connectivity index (χ1n) is 9.17. The number of aromatic amines is 1. The standard InChI is InChI=1S/C24H15N3S/c1-2-7-16-15(5-1)6-3-8-17(16)20-12-11-19(23-24(20)28-14-27-23)18-9-4-10-21-22(18)26-13-25-21/h1-14H,(H,25,26). The molecule has 0 spiro atoms. The molecule has 0 fully saturated rings. The van der Waals surface area contributed by atoms with Crippen LogP contribution in [0.1, 0.15) is 0 Å². The number of nitrogens with one attached hydrogen (secondary N) is 1. The molecular weight excluding hydrogens is 362 g/mol. The largest absolute Gasteiger partial charge is 0.345 e. The molecule has 0 radical (unpaired) electrons. The minimum atomic E-state index is 0.981. The van der Waals surface area contributed by atoms with E-state index in [-0.39, 0.29) is 0 Å². The van der Waals surface area contributed by atoms with Crippen LogP contribution in [0.2, 0.25) is 0 Å². The van der Waals surface area contributed by atoms with Crippen molar-refractivity contribution in [1.82, 2.24) is 15.0 Å². The summed E-state index contributed by atoms with van der Waals surface area (Å²) in [5.74, 6) is 0. The van der Waals surface area contributed by atoms with Gasteiger partial charge in [0.1, 0.15) is 0 Å². The van der Waals surface area contributed by atoms with Crippen molar-refractivity contribution in [2.24, 2.45) is 0 Å². The van der Waals surface area contributed by atoms with Gasteiger partial charge in [-0.25, -0.2) is 9.97 Å². The SMILES string of the molecule is c1ccc2c(-c3ccc(-c4cccc5[nH]cnc45)c4ncsc34)cccc2c1. The maximum absolute atomic E-state index is 4.73. The van der Waals surface area contributed by atoms with Gasteiger partial charge in [0.2, 0.25) is 0 Å². The van der Waals surface area contributed by atoms with Crippen LogP contribution in [0.3, 0.4) is 0 Å². The second-order valence-electron chi connectivity index (χ2n) is 6.82. The molecule has 0 bridgehead atoms. The summed E-state index contributed by atoms with van der Waals surface area (Å²) in [7, 11) is 0. The first-order valence-corrected chi connectivity index (χ1v) is 10.0. The molecule has 132 valence electrons. The molecule has 3 nitrogen and oxygen atoms in total. The molecule has 6 aromatic rings. The number of nitrogens with zero attached hydrogens (tertiary/aromatic N) is 2. The molecule has 0 aliphatic heterocycles. The lowest BCUT2D eigenvalue weighted by Crippen LogP contribution is -1.87. The lowest BCUT2D eigenvalue weighted by molar-refractivity contribution is 1.34. The molecule has 6 rings (SSSR count). The summed E-state index contributed by atoms with van der Waals surface area (Å²) < 4.78 is 1.21. The summed E-state index contributed by atoms with van der Waals surface area (Å²) in [5, 5.41) is 2.52. The highest BCUT2D eigenvalue weighted by Crippen LogP contribution is 2.40. The van der Waals surface area contributed by atoms with Crippen molar-refractivity contribution in [3.8, 4) is 22.3 Å². The zero-order valence-corrected chi connectivity index (χ0v) is 15.7. The van der Waals surface area contributed by atoms with E-state index in [1.54, 1.807) is 17.7 Å². The first kappa shape index (κ1) is 15.5. The van der Waals surface area contributed by atoms with Crippen molar-refractivity contribution in [1.29, 1.82) is 0 Å². The van der Waals surface area contributed by atoms with E-state index in [1.807, 2.05) is 5.51 Å². The summed E-state index contributed by atoms with van der Waals surface area (Å²) in [6.45, 7) is 0. The van der Waals surface area contributed by atoms with Gasteiger partial charge in [-0.3, -0.25) is 0 Å². The molecule has 0 amide bonds. The van der Waals surface area contributed by atoms with Gasteiger partial charge < -0.3 is 4.98 Å². The highest BCUT2D eigenvalue weighted by Gasteiger charge is 2.15. The van der Waals surface area contributed by atoms with Gasteiger partial charge in [0.15, 0.2) is 0 Å². The van der Waals surface area contributed by atoms with Crippen LogP contribution in [0.15, 0.2) is 84.6 Å². The molecule has 2 aromatic heterocycles. The normalized spacial score (nSPS) is 11.6. The highest BCUT2D eigenvalue weighted by atomic mass is 32.1. The van der Waals surface area contributed by atoms with Crippen molar-refractivity contribution in [3.63, 3.8) is 0 Å². The molecule has 0 aliphatic rings. The second-order valence-corrected chi connectivity index (χ2v) is 7.68. The number of hydrogen-bond acceptors (Lipinski definition) is 3. The van der Waals surface area contributed by atoms with Crippen molar-refractivity contribution in [2.75, 3.05) is 0 Å². The van der Waals surface area contributed by atoms with E-state index in [1.165, 1.54) is 26.6 Å². The summed E-state index contributed by atoms with van der Waals surface area (Å²) in [6.07, 6.45) is 1.75. The van der Waals surface area contributed by atoms with Crippen LogP contribution in [0.25, 0.3) is 54.3 Å². The summed E-state index contributed by atoms with van der Waals surface area (Å²) in [5.41, 5.74) is 9.70. The molecule has 0 aliphatic carbocycles. The third-order valence-electron chi connectivity index (χ3n) is 5.30. The third kappa shape index (κ3) is 2.22. The number of rotatable bonds is 2. The molecule has 0 atom stereocenters. The van der Waals surface area contributed by atoms with E-state index in [0.29, 0.717) is 0 Å². The lowest BCUT2D eigenvalue weighted by Gasteiger charge is -2.11. The zero-order valence-electron chi connectivity index (χ0n) is 14.9. The fourth-order valence-corrected chi connectivity index (χ4v) is 4.87. The number of hydrogen-bond donors (Lipinski definition) is 1. The first-order chi connectivity index (χ1) is 13.9. The van der Waals surface area contributed by atoms with Crippen LogP contribution < -0.4 is 0 Å². The van der Waals surface area contributed by atoms with Gasteiger partial charge in [-0.05, 0) is 22.4 Å². The molecule has 4 heteroatoms. The molecule has 28 heavy (non-hydrogen) atoms. The highest BCUT2D eigenvalue weighted by molar-refractivity contribution is 7.17. The Morgan fingerprint density at radius 2 is 1.43 bits per heavy atom. The number of fused-ring (bicyclic) bond motifs is 3. The molecule has 0 saturated heterocycles. The quantitative estimate of drug-likeness (QED) is 0.366. The Bertz CT molecular complexity index is 1470. The molecule has 4 aromatic carbocycles. The van der Waals surface area contributed by atoms with E-state index in [2.05, 4.69) is 82.8 Å². The van der Waals surface area contributed by atoms with Crippen molar-refractivity contribution in [2.45, 2.75) is 0 Å². The van der Waals surface area contributed by atoms with E-state index < -0.39 is 0 Å². The van der Waals surface area contributed by atoms with Gasteiger partial charge >= 0.3 is 0 Å². The van der Waals surface area contributed by atoms with E-state index in [9.17, 15) is 0 Å². The van der Waals surface area contributed by atoms with Gasteiger partial charge in [-0.15, -0.1) is 11.3 Å². The average Bonchev–Trinajstić information content (AvgIpc) is 3.42. The molecule has 2 heterocycles. The minimum Gasteiger partial charge on any atom is -0.345 e. The second kappa shape index (κ2) is 6.01. The van der Waals surface area contributed by atoms with E-state index >= 15 is 0 Å². The summed E-state index contributed by atoms with van der Waals surface area (Å²) in [4.78, 5) is 12.5. The number of aromatic nitrogens is 3. The topological polar surface area (TPSA) is 41.6 Å². The van der Waals surface area contributed by atoms with Crippen LogP contribution in [0.5, 0.6) is 0 Å². The molecule has 1 N–H and O–H groups in total. The average molecular weight is 377 g/mol. The fraction of sp³-hybridized carbons (Fsp3) is 0. The Hall–Kier alpha value is -3.50. The molecular formula is C24H15N3S. The predicted molar refractivity (Wildman–Crippen MR) is 118 cm³/mol. The summed E-state index contributed by atoms with van der Waals surface area (Å²) in [6, 6.07) is 25.7. The fourth-order valence-electron chi connectivity index (χ4n) is 4.02. The monoisotopic (exact) mass is 377 g/mol. The lowest BCUT2D eigenvalue weighted by atomic mass is 9.95. The van der Waals surface area contributed by atoms with Gasteiger partial charge in [-0.1, -0.05) is 66.7 Å². The van der Waals surface area contributed by atoms with Crippen molar-refractivity contribution < 1.29 is 0 Å². The molecule has 0 saturated carbocycles. The Labute approximate surface area is 165 Å². The molecule has 0 unspecified atom stereocenters. The van der Waals surface area contributed by atoms with Crippen LogP contribution in [-0.4, -0.2) is 15.0 Å². The number of para-hydroxylation sites is 1. The van der Waals surface area contributed by atoms with E-state index in [4.69, 9.17) is 4.98 Å². The van der Waals surface area contributed by atoms with Crippen molar-refractivity contribution in [3.05, 3.63) is 84.6 Å². The number of benzene rings is 4. The van der Waals surface area contributed by atoms with E-state index in [0.717, 1.165) is 27.7 Å². The smallest absolute Gasteiger partial charge is 0.0961 e. The third-order valence-corrected chi connectivity index (χ3v) is 6.16. The Morgan fingerprint density at radius 1 is 0.643 bits per heavy atom. The maximum Gasteiger partial charge on any atom is 0.0961 e. The Kier molecular flexibility index (Phi) is 3.34. The number of imidazole rings is 1. The van der Waals surface area contributed by atoms with Gasteiger partial charge in [-0.2, -0.15) is 0 Å². The minimum absolute atomic E-state index is 0.981. The van der Waals surface area contributed by atoms with Gasteiger partial charge in [0.25, 0.3) is 0 Å². The van der Waals surface area contributed by atoms with Crippen LogP contribution >= 0.6 is 11.3 Å². The predicted octanol–water partition coefficient (Wildman–Crippen LogP) is 6.66. The summed E-state index contributed by atoms with van der Waals surface area (Å²) >= 11 is 1.69. The zero-order chi connectivity index (χ0) is 18.5. The van der Waals surface area contributed by atoms with Gasteiger partial charge in [0, 0.05) is 16.7 Å².